The molecule has 1 amide bonds. The van der Waals surface area contributed by atoms with Gasteiger partial charge in [0.15, 0.2) is 0 Å². The summed E-state index contributed by atoms with van der Waals surface area (Å²) in [6.07, 6.45) is -0.686. The number of hydrogen-bond donors (Lipinski definition) is 2. The third-order valence-corrected chi connectivity index (χ3v) is 3.28. The molecular formula is C19H23FN2O2. The molecule has 24 heavy (non-hydrogen) atoms. The number of amides is 1. The van der Waals surface area contributed by atoms with Gasteiger partial charge in [-0.15, -0.1) is 0 Å². The zero-order valence-corrected chi connectivity index (χ0v) is 14.4. The Kier molecular flexibility index (Phi) is 5.44. The van der Waals surface area contributed by atoms with Crippen molar-refractivity contribution in [3.63, 3.8) is 0 Å². The van der Waals surface area contributed by atoms with Crippen LogP contribution in [0.3, 0.4) is 0 Å². The minimum atomic E-state index is -0.686. The Hall–Kier alpha value is -2.56. The first kappa shape index (κ1) is 17.8. The van der Waals surface area contributed by atoms with Gasteiger partial charge in [0.25, 0.3) is 0 Å². The van der Waals surface area contributed by atoms with Gasteiger partial charge < -0.3 is 10.1 Å². The molecule has 0 aliphatic heterocycles. The number of carbonyl (C=O) groups excluding carboxylic acids is 1. The number of ether oxygens (including phenoxy) is 1. The molecule has 2 aromatic rings. The molecule has 2 rings (SSSR count). The summed E-state index contributed by atoms with van der Waals surface area (Å²) < 4.78 is 19.1. The number of hydrogen-bond acceptors (Lipinski definition) is 3. The molecule has 128 valence electrons. The van der Waals surface area contributed by atoms with Crippen LogP contribution in [0.25, 0.3) is 0 Å². The van der Waals surface area contributed by atoms with E-state index in [1.54, 1.807) is 32.9 Å². The van der Waals surface area contributed by atoms with Crippen LogP contribution < -0.4 is 10.6 Å². The fraction of sp³-hybridized carbons (Fsp3) is 0.316. The molecule has 0 fully saturated rings. The Labute approximate surface area is 142 Å². The van der Waals surface area contributed by atoms with Crippen LogP contribution in [-0.4, -0.2) is 11.7 Å². The van der Waals surface area contributed by atoms with E-state index >= 15 is 0 Å². The van der Waals surface area contributed by atoms with Crippen LogP contribution in [0.1, 0.15) is 39.3 Å². The van der Waals surface area contributed by atoms with Crippen molar-refractivity contribution in [1.82, 2.24) is 0 Å². The highest BCUT2D eigenvalue weighted by Crippen LogP contribution is 2.24. The molecular weight excluding hydrogens is 307 g/mol. The van der Waals surface area contributed by atoms with E-state index in [-0.39, 0.29) is 11.7 Å². The molecule has 0 bridgehead atoms. The molecule has 2 N–H and O–H groups in total. The molecule has 5 heteroatoms. The van der Waals surface area contributed by atoms with Crippen molar-refractivity contribution in [2.24, 2.45) is 0 Å². The quantitative estimate of drug-likeness (QED) is 0.795. The molecule has 0 radical (unpaired) electrons. The summed E-state index contributed by atoms with van der Waals surface area (Å²) in [6, 6.07) is 14.5. The summed E-state index contributed by atoms with van der Waals surface area (Å²) in [7, 11) is 0. The first-order valence-electron chi connectivity index (χ1n) is 7.85. The highest BCUT2D eigenvalue weighted by molar-refractivity contribution is 5.85. The largest absolute Gasteiger partial charge is 0.444 e. The van der Waals surface area contributed by atoms with E-state index in [0.29, 0.717) is 5.69 Å². The van der Waals surface area contributed by atoms with Gasteiger partial charge in [-0.05, 0) is 51.5 Å². The van der Waals surface area contributed by atoms with Crippen molar-refractivity contribution >= 4 is 17.5 Å². The Morgan fingerprint density at radius 3 is 2.42 bits per heavy atom. The lowest BCUT2D eigenvalue weighted by atomic mass is 10.1. The first-order chi connectivity index (χ1) is 11.2. The number of carbonyl (C=O) groups is 1. The molecule has 0 aliphatic rings. The summed E-state index contributed by atoms with van der Waals surface area (Å²) in [6.45, 7) is 7.27. The first-order valence-corrected chi connectivity index (χ1v) is 7.85. The van der Waals surface area contributed by atoms with Crippen molar-refractivity contribution in [2.45, 2.75) is 39.3 Å². The number of halogens is 1. The zero-order chi connectivity index (χ0) is 17.7. The number of anilines is 2. The van der Waals surface area contributed by atoms with Crippen LogP contribution in [0.4, 0.5) is 20.6 Å². The van der Waals surface area contributed by atoms with E-state index in [1.807, 2.05) is 37.3 Å². The van der Waals surface area contributed by atoms with Crippen LogP contribution in [0.2, 0.25) is 0 Å². The van der Waals surface area contributed by atoms with Crippen LogP contribution in [0, 0.1) is 5.82 Å². The van der Waals surface area contributed by atoms with Gasteiger partial charge in [-0.1, -0.05) is 30.3 Å². The summed E-state index contributed by atoms with van der Waals surface area (Å²) >= 11 is 0. The summed E-state index contributed by atoms with van der Waals surface area (Å²) in [5.74, 6) is -0.515. The van der Waals surface area contributed by atoms with Crippen LogP contribution >= 0.6 is 0 Å². The highest BCUT2D eigenvalue weighted by Gasteiger charge is 2.17. The molecule has 1 atom stereocenters. The fourth-order valence-corrected chi connectivity index (χ4v) is 2.20. The van der Waals surface area contributed by atoms with Gasteiger partial charge in [-0.3, -0.25) is 5.32 Å². The average Bonchev–Trinajstić information content (AvgIpc) is 2.49. The summed E-state index contributed by atoms with van der Waals surface area (Å²) in [5, 5.41) is 5.73. The molecule has 0 aromatic heterocycles. The van der Waals surface area contributed by atoms with E-state index in [9.17, 15) is 9.18 Å². The number of nitrogens with one attached hydrogen (secondary N) is 2. The SMILES string of the molecule is CC(Nc1ccc(F)c(NC(=O)OC(C)(C)C)c1)c1ccccc1. The molecule has 1 unspecified atom stereocenters. The van der Waals surface area contributed by atoms with Crippen molar-refractivity contribution in [3.05, 3.63) is 59.9 Å². The average molecular weight is 330 g/mol. The smallest absolute Gasteiger partial charge is 0.412 e. The number of rotatable bonds is 4. The van der Waals surface area contributed by atoms with Gasteiger partial charge in [0.2, 0.25) is 0 Å². The maximum absolute atomic E-state index is 13.9. The molecule has 0 heterocycles. The van der Waals surface area contributed by atoms with Crippen LogP contribution in [-0.2, 0) is 4.74 Å². The van der Waals surface area contributed by atoms with E-state index in [2.05, 4.69) is 10.6 Å². The Morgan fingerprint density at radius 1 is 1.12 bits per heavy atom. The second-order valence-corrected chi connectivity index (χ2v) is 6.60. The van der Waals surface area contributed by atoms with E-state index < -0.39 is 17.5 Å². The fourth-order valence-electron chi connectivity index (χ4n) is 2.20. The lowest BCUT2D eigenvalue weighted by Gasteiger charge is -2.20. The van der Waals surface area contributed by atoms with Gasteiger partial charge in [0.1, 0.15) is 11.4 Å². The predicted molar refractivity (Wildman–Crippen MR) is 94.7 cm³/mol. The van der Waals surface area contributed by atoms with E-state index in [0.717, 1.165) is 5.56 Å². The molecule has 0 spiro atoms. The van der Waals surface area contributed by atoms with E-state index in [4.69, 9.17) is 4.74 Å². The van der Waals surface area contributed by atoms with Gasteiger partial charge in [-0.25, -0.2) is 9.18 Å². The topological polar surface area (TPSA) is 50.4 Å². The minimum absolute atomic E-state index is 0.0473. The maximum Gasteiger partial charge on any atom is 0.412 e. The van der Waals surface area contributed by atoms with Crippen molar-refractivity contribution < 1.29 is 13.9 Å². The normalized spacial score (nSPS) is 12.4. The summed E-state index contributed by atoms with van der Waals surface area (Å²) in [5.41, 5.74) is 1.26. The molecule has 0 saturated heterocycles. The highest BCUT2D eigenvalue weighted by atomic mass is 19.1. The minimum Gasteiger partial charge on any atom is -0.444 e. The number of benzene rings is 2. The maximum atomic E-state index is 13.9. The Balaban J connectivity index is 2.09. The summed E-state index contributed by atoms with van der Waals surface area (Å²) in [4.78, 5) is 11.8. The van der Waals surface area contributed by atoms with Crippen molar-refractivity contribution in [2.75, 3.05) is 10.6 Å². The Bertz CT molecular complexity index is 696. The van der Waals surface area contributed by atoms with Gasteiger partial charge in [-0.2, -0.15) is 0 Å². The van der Waals surface area contributed by atoms with Crippen molar-refractivity contribution in [3.8, 4) is 0 Å². The second-order valence-electron chi connectivity index (χ2n) is 6.60. The molecule has 0 aliphatic carbocycles. The monoisotopic (exact) mass is 330 g/mol. The predicted octanol–water partition coefficient (Wildman–Crippen LogP) is 5.35. The zero-order valence-electron chi connectivity index (χ0n) is 14.4. The van der Waals surface area contributed by atoms with Gasteiger partial charge >= 0.3 is 6.09 Å². The van der Waals surface area contributed by atoms with Gasteiger partial charge in [0.05, 0.1) is 5.69 Å². The molecule has 4 nitrogen and oxygen atoms in total. The standard InChI is InChI=1S/C19H23FN2O2/c1-13(14-8-6-5-7-9-14)21-15-10-11-16(20)17(12-15)22-18(23)24-19(2,3)4/h5-13,21H,1-4H3,(H,22,23). The van der Waals surface area contributed by atoms with Crippen molar-refractivity contribution in [1.29, 1.82) is 0 Å². The van der Waals surface area contributed by atoms with E-state index in [1.165, 1.54) is 6.07 Å². The molecule has 0 saturated carbocycles. The molecule has 2 aromatic carbocycles. The van der Waals surface area contributed by atoms with Crippen LogP contribution in [0.5, 0.6) is 0 Å². The third kappa shape index (κ3) is 5.26. The Morgan fingerprint density at radius 2 is 1.79 bits per heavy atom. The lowest BCUT2D eigenvalue weighted by molar-refractivity contribution is 0.0635. The third-order valence-electron chi connectivity index (χ3n) is 3.28. The van der Waals surface area contributed by atoms with Gasteiger partial charge in [0, 0.05) is 11.7 Å². The second kappa shape index (κ2) is 7.34. The van der Waals surface area contributed by atoms with Crippen LogP contribution in [0.15, 0.2) is 48.5 Å². The lowest BCUT2D eigenvalue weighted by Crippen LogP contribution is -2.27.